The molecule has 0 aromatic heterocycles. The second kappa shape index (κ2) is 5.29. The van der Waals surface area contributed by atoms with Gasteiger partial charge < -0.3 is 4.74 Å². The van der Waals surface area contributed by atoms with E-state index in [0.717, 1.165) is 19.5 Å². The summed E-state index contributed by atoms with van der Waals surface area (Å²) in [5.41, 5.74) is 2.17. The fourth-order valence-electron chi connectivity index (χ4n) is 1.63. The minimum atomic E-state index is -0.169. The van der Waals surface area contributed by atoms with E-state index in [1.807, 2.05) is 6.92 Å². The van der Waals surface area contributed by atoms with Crippen molar-refractivity contribution in [3.63, 3.8) is 0 Å². The second-order valence-corrected chi connectivity index (χ2v) is 3.58. The summed E-state index contributed by atoms with van der Waals surface area (Å²) in [7, 11) is 0. The van der Waals surface area contributed by atoms with E-state index < -0.39 is 0 Å². The van der Waals surface area contributed by atoms with Crippen molar-refractivity contribution >= 4 is 5.91 Å². The first kappa shape index (κ1) is 11.4. The van der Waals surface area contributed by atoms with Crippen LogP contribution in [0.25, 0.3) is 0 Å². The lowest BCUT2D eigenvalue weighted by atomic mass is 10.1. The van der Waals surface area contributed by atoms with Crippen LogP contribution in [0.4, 0.5) is 0 Å². The number of hydrogen-bond acceptors (Lipinski definition) is 4. The fourth-order valence-corrected chi connectivity index (χ4v) is 1.63. The molecule has 1 rings (SSSR count). The van der Waals surface area contributed by atoms with Crippen molar-refractivity contribution in [2.75, 3.05) is 19.7 Å². The molecule has 1 saturated heterocycles. The van der Waals surface area contributed by atoms with E-state index in [-0.39, 0.29) is 18.1 Å². The van der Waals surface area contributed by atoms with Gasteiger partial charge in [0.05, 0.1) is 18.8 Å². The van der Waals surface area contributed by atoms with Crippen molar-refractivity contribution < 1.29 is 9.53 Å². The highest BCUT2D eigenvalue weighted by Crippen LogP contribution is 2.11. The summed E-state index contributed by atoms with van der Waals surface area (Å²) >= 11 is 0. The number of hydrazine groups is 1. The Bertz CT molecular complexity index is 198. The Morgan fingerprint density at radius 1 is 1.79 bits per heavy atom. The summed E-state index contributed by atoms with van der Waals surface area (Å²) in [6, 6.07) is -0.169. The van der Waals surface area contributed by atoms with E-state index in [2.05, 4.69) is 17.2 Å². The van der Waals surface area contributed by atoms with Crippen LogP contribution in [-0.4, -0.2) is 42.6 Å². The molecule has 0 aliphatic carbocycles. The highest BCUT2D eigenvalue weighted by molar-refractivity contribution is 5.80. The number of nitrogens with one attached hydrogen (secondary N) is 1. The van der Waals surface area contributed by atoms with Crippen LogP contribution in [0.15, 0.2) is 0 Å². The maximum Gasteiger partial charge on any atom is 0.250 e. The predicted octanol–water partition coefficient (Wildman–Crippen LogP) is -0.524. The van der Waals surface area contributed by atoms with Crippen LogP contribution in [0.5, 0.6) is 0 Å². The molecule has 14 heavy (non-hydrogen) atoms. The van der Waals surface area contributed by atoms with E-state index in [9.17, 15) is 4.79 Å². The smallest absolute Gasteiger partial charge is 0.250 e. The molecule has 0 aromatic carbocycles. The van der Waals surface area contributed by atoms with Crippen LogP contribution in [0.3, 0.4) is 0 Å². The molecule has 0 spiro atoms. The zero-order valence-electron chi connectivity index (χ0n) is 8.82. The number of carbonyl (C=O) groups is 1. The molecule has 2 unspecified atom stereocenters. The quantitative estimate of drug-likeness (QED) is 0.366. The molecule has 1 aliphatic heterocycles. The van der Waals surface area contributed by atoms with E-state index in [4.69, 9.17) is 10.6 Å². The molecular formula is C9H19N3O2. The van der Waals surface area contributed by atoms with Gasteiger partial charge in [0.1, 0.15) is 0 Å². The Morgan fingerprint density at radius 3 is 3.07 bits per heavy atom. The lowest BCUT2D eigenvalue weighted by Gasteiger charge is -2.35. The fraction of sp³-hybridized carbons (Fsp3) is 0.889. The summed E-state index contributed by atoms with van der Waals surface area (Å²) in [6.45, 7) is 6.25. The monoisotopic (exact) mass is 201 g/mol. The van der Waals surface area contributed by atoms with Gasteiger partial charge in [0.2, 0.25) is 0 Å². The Morgan fingerprint density at radius 2 is 2.50 bits per heavy atom. The molecule has 0 radical (unpaired) electrons. The van der Waals surface area contributed by atoms with Crippen LogP contribution in [-0.2, 0) is 9.53 Å². The first-order chi connectivity index (χ1) is 6.69. The van der Waals surface area contributed by atoms with E-state index >= 15 is 0 Å². The molecule has 1 aliphatic rings. The largest absolute Gasteiger partial charge is 0.376 e. The normalized spacial score (nSPS) is 25.8. The van der Waals surface area contributed by atoms with Gasteiger partial charge in [-0.2, -0.15) is 0 Å². The molecule has 1 amide bonds. The van der Waals surface area contributed by atoms with Gasteiger partial charge >= 0.3 is 0 Å². The number of rotatable bonds is 3. The van der Waals surface area contributed by atoms with E-state index in [1.54, 1.807) is 0 Å². The van der Waals surface area contributed by atoms with Crippen LogP contribution < -0.4 is 11.3 Å². The molecule has 0 aromatic rings. The van der Waals surface area contributed by atoms with Gasteiger partial charge in [-0.25, -0.2) is 5.84 Å². The number of nitrogens with two attached hydrogens (primary N) is 1. The summed E-state index contributed by atoms with van der Waals surface area (Å²) in [5, 5.41) is 0. The average Bonchev–Trinajstić information content (AvgIpc) is 2.27. The molecule has 3 N–H and O–H groups in total. The second-order valence-electron chi connectivity index (χ2n) is 3.58. The van der Waals surface area contributed by atoms with Crippen molar-refractivity contribution in [1.82, 2.24) is 10.3 Å². The first-order valence-electron chi connectivity index (χ1n) is 5.05. The molecule has 5 nitrogen and oxygen atoms in total. The third-order valence-electron chi connectivity index (χ3n) is 2.69. The number of nitrogens with zero attached hydrogens (tertiary/aromatic N) is 1. The van der Waals surface area contributed by atoms with Crippen LogP contribution >= 0.6 is 0 Å². The number of hydrogen-bond donors (Lipinski definition) is 2. The van der Waals surface area contributed by atoms with Crippen molar-refractivity contribution in [3.05, 3.63) is 0 Å². The van der Waals surface area contributed by atoms with E-state index in [0.29, 0.717) is 6.61 Å². The SMILES string of the molecule is CCC1CN(C(C)C(=O)NN)CCO1. The molecular weight excluding hydrogens is 182 g/mol. The molecule has 0 saturated carbocycles. The maximum absolute atomic E-state index is 11.3. The van der Waals surface area contributed by atoms with Gasteiger partial charge in [-0.05, 0) is 13.3 Å². The number of carbonyl (C=O) groups excluding carboxylic acids is 1. The van der Waals surface area contributed by atoms with Crippen LogP contribution in [0.1, 0.15) is 20.3 Å². The summed E-state index contributed by atoms with van der Waals surface area (Å²) < 4.78 is 5.52. The van der Waals surface area contributed by atoms with Crippen molar-refractivity contribution in [2.24, 2.45) is 5.84 Å². The summed E-state index contributed by atoms with van der Waals surface area (Å²) in [4.78, 5) is 13.4. The molecule has 1 fully saturated rings. The predicted molar refractivity (Wildman–Crippen MR) is 53.4 cm³/mol. The van der Waals surface area contributed by atoms with Crippen molar-refractivity contribution in [2.45, 2.75) is 32.4 Å². The zero-order valence-corrected chi connectivity index (χ0v) is 8.82. The minimum absolute atomic E-state index is 0.137. The molecule has 0 bridgehead atoms. The van der Waals surface area contributed by atoms with Gasteiger partial charge in [-0.1, -0.05) is 6.92 Å². The highest BCUT2D eigenvalue weighted by Gasteiger charge is 2.26. The molecule has 2 atom stereocenters. The van der Waals surface area contributed by atoms with Crippen molar-refractivity contribution in [3.8, 4) is 0 Å². The standard InChI is InChI=1S/C9H19N3O2/c1-3-8-6-12(4-5-14-8)7(2)9(13)11-10/h7-8H,3-6,10H2,1-2H3,(H,11,13). The van der Waals surface area contributed by atoms with Gasteiger partial charge in [0.25, 0.3) is 5.91 Å². The number of morpholine rings is 1. The van der Waals surface area contributed by atoms with Crippen LogP contribution in [0.2, 0.25) is 0 Å². The average molecular weight is 201 g/mol. The Hall–Kier alpha value is -0.650. The molecule has 5 heteroatoms. The van der Waals surface area contributed by atoms with Crippen molar-refractivity contribution in [1.29, 1.82) is 0 Å². The Balaban J connectivity index is 2.46. The summed E-state index contributed by atoms with van der Waals surface area (Å²) in [5.74, 6) is 4.95. The van der Waals surface area contributed by atoms with Gasteiger partial charge in [-0.3, -0.25) is 15.1 Å². The van der Waals surface area contributed by atoms with E-state index in [1.165, 1.54) is 0 Å². The molecule has 82 valence electrons. The van der Waals surface area contributed by atoms with Gasteiger partial charge in [0, 0.05) is 13.1 Å². The Kier molecular flexibility index (Phi) is 4.31. The third kappa shape index (κ3) is 2.67. The lowest BCUT2D eigenvalue weighted by Crippen LogP contribution is -2.53. The zero-order chi connectivity index (χ0) is 10.6. The minimum Gasteiger partial charge on any atom is -0.376 e. The first-order valence-corrected chi connectivity index (χ1v) is 5.05. The summed E-state index contributed by atoms with van der Waals surface area (Å²) in [6.07, 6.45) is 1.23. The number of ether oxygens (including phenoxy) is 1. The van der Waals surface area contributed by atoms with Gasteiger partial charge in [-0.15, -0.1) is 0 Å². The molecule has 1 heterocycles. The van der Waals surface area contributed by atoms with Crippen LogP contribution in [0, 0.1) is 0 Å². The Labute approximate surface area is 84.5 Å². The number of amides is 1. The topological polar surface area (TPSA) is 67.6 Å². The lowest BCUT2D eigenvalue weighted by molar-refractivity contribution is -0.129. The highest BCUT2D eigenvalue weighted by atomic mass is 16.5. The van der Waals surface area contributed by atoms with Gasteiger partial charge in [0.15, 0.2) is 0 Å². The third-order valence-corrected chi connectivity index (χ3v) is 2.69. The maximum atomic E-state index is 11.3.